The molecule has 4 nitrogen and oxygen atoms in total. The van der Waals surface area contributed by atoms with Gasteiger partial charge in [-0.05, 0) is 12.8 Å². The minimum atomic E-state index is 0.302. The Morgan fingerprint density at radius 1 is 1.50 bits per heavy atom. The summed E-state index contributed by atoms with van der Waals surface area (Å²) < 4.78 is 5.61. The second-order valence-electron chi connectivity index (χ2n) is 4.39. The Morgan fingerprint density at radius 2 is 2.29 bits per heavy atom. The van der Waals surface area contributed by atoms with Crippen LogP contribution in [0.3, 0.4) is 0 Å². The second kappa shape index (κ2) is 2.58. The van der Waals surface area contributed by atoms with Crippen LogP contribution in [0, 0.1) is 25.7 Å². The number of oxazole rings is 1. The number of aryl methyl sites for hydroxylation is 2. The molecule has 0 amide bonds. The van der Waals surface area contributed by atoms with Crippen molar-refractivity contribution in [2.75, 3.05) is 6.54 Å². The Balaban J connectivity index is 1.92. The van der Waals surface area contributed by atoms with Gasteiger partial charge in [-0.1, -0.05) is 0 Å². The first-order valence-corrected chi connectivity index (χ1v) is 5.11. The molecule has 0 bridgehead atoms. The molecule has 1 aliphatic heterocycles. The fourth-order valence-corrected chi connectivity index (χ4v) is 2.67. The van der Waals surface area contributed by atoms with E-state index < -0.39 is 0 Å². The third kappa shape index (κ3) is 0.980. The molecule has 1 aromatic heterocycles. The van der Waals surface area contributed by atoms with Crippen molar-refractivity contribution in [2.24, 2.45) is 17.6 Å². The van der Waals surface area contributed by atoms with Gasteiger partial charge in [0.15, 0.2) is 5.89 Å². The number of nitrogens with two attached hydrogens (primary N) is 1. The topological polar surface area (TPSA) is 64.1 Å². The van der Waals surface area contributed by atoms with E-state index >= 15 is 0 Å². The molecule has 0 spiro atoms. The highest BCUT2D eigenvalue weighted by molar-refractivity contribution is 5.23. The van der Waals surface area contributed by atoms with Crippen molar-refractivity contribution < 1.29 is 4.42 Å². The van der Waals surface area contributed by atoms with Crippen LogP contribution in [-0.4, -0.2) is 17.6 Å². The van der Waals surface area contributed by atoms with Crippen molar-refractivity contribution >= 4 is 0 Å². The summed E-state index contributed by atoms with van der Waals surface area (Å²) in [4.78, 5) is 4.29. The normalized spacial score (nSPS) is 39.9. The van der Waals surface area contributed by atoms with Crippen LogP contribution >= 0.6 is 0 Å². The summed E-state index contributed by atoms with van der Waals surface area (Å²) in [5, 5.41) is 3.44. The van der Waals surface area contributed by atoms with E-state index in [0.717, 1.165) is 23.9 Å². The summed E-state index contributed by atoms with van der Waals surface area (Å²) in [6, 6.07) is 0.669. The molecule has 1 saturated heterocycles. The number of rotatable bonds is 1. The summed E-state index contributed by atoms with van der Waals surface area (Å²) in [5.74, 6) is 2.96. The van der Waals surface area contributed by atoms with E-state index in [1.807, 2.05) is 13.8 Å². The molecule has 4 unspecified atom stereocenters. The van der Waals surface area contributed by atoms with E-state index in [-0.39, 0.29) is 0 Å². The molecule has 1 aliphatic carbocycles. The Bertz CT molecular complexity index is 373. The van der Waals surface area contributed by atoms with Gasteiger partial charge < -0.3 is 15.5 Å². The third-order valence-corrected chi connectivity index (χ3v) is 3.47. The quantitative estimate of drug-likeness (QED) is 0.682. The Kier molecular flexibility index (Phi) is 1.56. The van der Waals surface area contributed by atoms with Crippen LogP contribution in [0.15, 0.2) is 4.42 Å². The van der Waals surface area contributed by atoms with Gasteiger partial charge in [-0.15, -0.1) is 0 Å². The van der Waals surface area contributed by atoms with Crippen LogP contribution in [0.1, 0.15) is 23.4 Å². The number of nitrogens with one attached hydrogen (secondary N) is 1. The van der Waals surface area contributed by atoms with E-state index in [0.29, 0.717) is 23.9 Å². The van der Waals surface area contributed by atoms with Crippen LogP contribution in [0.4, 0.5) is 0 Å². The van der Waals surface area contributed by atoms with Crippen LogP contribution in [0.25, 0.3) is 0 Å². The van der Waals surface area contributed by atoms with Crippen molar-refractivity contribution in [3.8, 4) is 0 Å². The smallest absolute Gasteiger partial charge is 0.191 e. The monoisotopic (exact) mass is 193 g/mol. The summed E-state index contributed by atoms with van der Waals surface area (Å²) >= 11 is 0. The molecule has 4 atom stereocenters. The molecule has 14 heavy (non-hydrogen) atoms. The lowest BCUT2D eigenvalue weighted by atomic mass is 10.1. The number of nitrogens with zero attached hydrogens (tertiary/aromatic N) is 1. The van der Waals surface area contributed by atoms with Gasteiger partial charge in [0.05, 0.1) is 11.7 Å². The minimum Gasteiger partial charge on any atom is -0.444 e. The van der Waals surface area contributed by atoms with E-state index in [9.17, 15) is 0 Å². The first kappa shape index (κ1) is 8.44. The summed E-state index contributed by atoms with van der Waals surface area (Å²) in [6.07, 6.45) is 0. The number of fused-ring (bicyclic) bond motifs is 1. The second-order valence-corrected chi connectivity index (χ2v) is 4.39. The molecule has 2 fully saturated rings. The lowest BCUT2D eigenvalue weighted by Crippen LogP contribution is -2.25. The predicted molar refractivity (Wildman–Crippen MR) is 51.7 cm³/mol. The maximum absolute atomic E-state index is 5.95. The highest BCUT2D eigenvalue weighted by atomic mass is 16.4. The van der Waals surface area contributed by atoms with E-state index in [4.69, 9.17) is 10.2 Å². The van der Waals surface area contributed by atoms with Gasteiger partial charge in [0, 0.05) is 25.4 Å². The molecule has 3 rings (SSSR count). The predicted octanol–water partition coefficient (Wildman–Crippen LogP) is 0.509. The summed E-state index contributed by atoms with van der Waals surface area (Å²) in [7, 11) is 0. The highest BCUT2D eigenvalue weighted by Crippen LogP contribution is 2.51. The van der Waals surface area contributed by atoms with Gasteiger partial charge in [0.2, 0.25) is 0 Å². The maximum Gasteiger partial charge on any atom is 0.191 e. The van der Waals surface area contributed by atoms with E-state index in [1.165, 1.54) is 0 Å². The average molecular weight is 193 g/mol. The zero-order valence-corrected chi connectivity index (χ0v) is 8.45. The molecular weight excluding hydrogens is 178 g/mol. The summed E-state index contributed by atoms with van der Waals surface area (Å²) in [5.41, 5.74) is 6.95. The van der Waals surface area contributed by atoms with Crippen molar-refractivity contribution in [3.05, 3.63) is 17.3 Å². The molecule has 1 saturated carbocycles. The van der Waals surface area contributed by atoms with Crippen molar-refractivity contribution in [2.45, 2.75) is 25.9 Å². The van der Waals surface area contributed by atoms with Crippen LogP contribution in [0.5, 0.6) is 0 Å². The Hall–Kier alpha value is -0.870. The molecule has 76 valence electrons. The van der Waals surface area contributed by atoms with Crippen LogP contribution < -0.4 is 11.1 Å². The van der Waals surface area contributed by atoms with E-state index in [1.54, 1.807) is 0 Å². The molecule has 0 radical (unpaired) electrons. The molecule has 4 heteroatoms. The van der Waals surface area contributed by atoms with E-state index in [2.05, 4.69) is 10.3 Å². The van der Waals surface area contributed by atoms with Gasteiger partial charge in [0.1, 0.15) is 5.76 Å². The summed E-state index contributed by atoms with van der Waals surface area (Å²) in [6.45, 7) is 4.90. The maximum atomic E-state index is 5.95. The number of piperidine rings is 1. The fourth-order valence-electron chi connectivity index (χ4n) is 2.67. The van der Waals surface area contributed by atoms with Crippen LogP contribution in [0.2, 0.25) is 0 Å². The van der Waals surface area contributed by atoms with Crippen molar-refractivity contribution in [3.63, 3.8) is 0 Å². The number of hydrogen-bond acceptors (Lipinski definition) is 4. The highest BCUT2D eigenvalue weighted by Gasteiger charge is 2.57. The van der Waals surface area contributed by atoms with Crippen LogP contribution in [-0.2, 0) is 0 Å². The first-order valence-electron chi connectivity index (χ1n) is 5.11. The van der Waals surface area contributed by atoms with Gasteiger partial charge in [-0.2, -0.15) is 0 Å². The van der Waals surface area contributed by atoms with Crippen molar-refractivity contribution in [1.29, 1.82) is 0 Å². The lowest BCUT2D eigenvalue weighted by molar-refractivity contribution is 0.394. The zero-order valence-electron chi connectivity index (χ0n) is 8.45. The average Bonchev–Trinajstić information content (AvgIpc) is 2.52. The zero-order chi connectivity index (χ0) is 9.87. The molecular formula is C10H15N3O. The minimum absolute atomic E-state index is 0.302. The first-order chi connectivity index (χ1) is 6.68. The molecule has 0 aromatic carbocycles. The largest absolute Gasteiger partial charge is 0.444 e. The fraction of sp³-hybridized carbons (Fsp3) is 0.700. The standard InChI is InChI=1S/C10H15N3O/c1-4-10(14-5(2)13-4)9-7-6(3-12-9)8(7)11/h6-9,12H,3,11H2,1-2H3. The SMILES string of the molecule is Cc1nc(C)c(C2NCC3C(N)C23)o1. The molecule has 2 aliphatic rings. The van der Waals surface area contributed by atoms with Gasteiger partial charge in [-0.25, -0.2) is 4.98 Å². The number of hydrogen-bond donors (Lipinski definition) is 2. The molecule has 3 N–H and O–H groups in total. The molecule has 1 aromatic rings. The number of aromatic nitrogens is 1. The Morgan fingerprint density at radius 3 is 2.79 bits per heavy atom. The molecule has 2 heterocycles. The Labute approximate surface area is 82.9 Å². The van der Waals surface area contributed by atoms with Gasteiger partial charge in [0.25, 0.3) is 0 Å². The third-order valence-electron chi connectivity index (χ3n) is 3.47. The van der Waals surface area contributed by atoms with Gasteiger partial charge >= 0.3 is 0 Å². The van der Waals surface area contributed by atoms with Gasteiger partial charge in [-0.3, -0.25) is 0 Å². The lowest BCUT2D eigenvalue weighted by Gasteiger charge is -2.11. The van der Waals surface area contributed by atoms with Crippen molar-refractivity contribution in [1.82, 2.24) is 10.3 Å².